The van der Waals surface area contributed by atoms with Crippen LogP contribution in [-0.4, -0.2) is 4.57 Å². The van der Waals surface area contributed by atoms with Crippen molar-refractivity contribution in [3.8, 4) is 22.3 Å². The fourth-order valence-corrected chi connectivity index (χ4v) is 2.89. The van der Waals surface area contributed by atoms with Crippen molar-refractivity contribution in [1.82, 2.24) is 4.57 Å². The maximum Gasteiger partial charge on any atom is 0.197 e. The Morgan fingerprint density at radius 2 is 1.64 bits per heavy atom. The number of hydrogen-bond acceptors (Lipinski definition) is 1. The first kappa shape index (κ1) is 14.7. The van der Waals surface area contributed by atoms with E-state index in [0.717, 1.165) is 5.56 Å². The highest BCUT2D eigenvalue weighted by molar-refractivity contribution is 9.10. The topological polar surface area (TPSA) is 22.0 Å². The molecular formula is C18H13BrFNO. The molecule has 110 valence electrons. The molecule has 0 aliphatic carbocycles. The van der Waals surface area contributed by atoms with E-state index in [9.17, 15) is 9.18 Å². The van der Waals surface area contributed by atoms with Crippen LogP contribution >= 0.6 is 15.9 Å². The van der Waals surface area contributed by atoms with Crippen LogP contribution in [0.4, 0.5) is 4.39 Å². The molecule has 0 spiro atoms. The maximum absolute atomic E-state index is 13.6. The second kappa shape index (κ2) is 5.89. The third-order valence-electron chi connectivity index (χ3n) is 3.46. The molecule has 2 nitrogen and oxygen atoms in total. The summed E-state index contributed by atoms with van der Waals surface area (Å²) in [7, 11) is 1.85. The molecule has 0 saturated carbocycles. The highest BCUT2D eigenvalue weighted by atomic mass is 79.9. The highest BCUT2D eigenvalue weighted by Gasteiger charge is 2.13. The first-order valence-electron chi connectivity index (χ1n) is 6.77. The van der Waals surface area contributed by atoms with Crippen molar-refractivity contribution >= 4 is 15.9 Å². The van der Waals surface area contributed by atoms with Gasteiger partial charge < -0.3 is 4.57 Å². The largest absolute Gasteiger partial charge is 0.356 e. The molecule has 0 N–H and O–H groups in total. The Labute approximate surface area is 136 Å². The predicted molar refractivity (Wildman–Crippen MR) is 90.2 cm³/mol. The lowest BCUT2D eigenvalue weighted by Gasteiger charge is -2.10. The molecule has 0 aliphatic rings. The number of halogens is 2. The second-order valence-corrected chi connectivity index (χ2v) is 5.92. The SMILES string of the molecule is Cn1cc(-c2ccccc2)c(=O)c(-c2cc(F)ccc2Br)c1. The van der Waals surface area contributed by atoms with Crippen LogP contribution < -0.4 is 5.43 Å². The Balaban J connectivity index is 2.29. The summed E-state index contributed by atoms with van der Waals surface area (Å²) in [5, 5.41) is 0. The lowest BCUT2D eigenvalue weighted by atomic mass is 10.0. The zero-order valence-electron chi connectivity index (χ0n) is 11.9. The van der Waals surface area contributed by atoms with Crippen LogP contribution in [0.25, 0.3) is 22.3 Å². The van der Waals surface area contributed by atoms with Gasteiger partial charge in [-0.2, -0.15) is 0 Å². The van der Waals surface area contributed by atoms with Gasteiger partial charge in [0.25, 0.3) is 0 Å². The smallest absolute Gasteiger partial charge is 0.197 e. The molecule has 0 unspecified atom stereocenters. The Bertz CT molecular complexity index is 887. The Morgan fingerprint density at radius 1 is 0.955 bits per heavy atom. The standard InChI is InChI=1S/C18H13BrFNO/c1-21-10-15(12-5-3-2-4-6-12)18(22)16(11-21)14-9-13(20)7-8-17(14)19/h2-11H,1H3. The monoisotopic (exact) mass is 357 g/mol. The minimum absolute atomic E-state index is 0.115. The third kappa shape index (κ3) is 2.74. The molecule has 0 saturated heterocycles. The summed E-state index contributed by atoms with van der Waals surface area (Å²) in [6, 6.07) is 13.8. The van der Waals surface area contributed by atoms with Gasteiger partial charge in [0.2, 0.25) is 0 Å². The number of aryl methyl sites for hydroxylation is 1. The number of rotatable bonds is 2. The molecule has 0 fully saturated rings. The van der Waals surface area contributed by atoms with E-state index >= 15 is 0 Å². The molecule has 2 aromatic carbocycles. The van der Waals surface area contributed by atoms with Crippen LogP contribution in [0.2, 0.25) is 0 Å². The van der Waals surface area contributed by atoms with Gasteiger partial charge in [0, 0.05) is 40.6 Å². The average molecular weight is 358 g/mol. The van der Waals surface area contributed by atoms with Crippen molar-refractivity contribution in [3.05, 3.63) is 81.4 Å². The molecule has 3 aromatic rings. The summed E-state index contributed by atoms with van der Waals surface area (Å²) in [6.07, 6.45) is 3.50. The summed E-state index contributed by atoms with van der Waals surface area (Å²) < 4.78 is 16.1. The molecule has 22 heavy (non-hydrogen) atoms. The Hall–Kier alpha value is -2.20. The van der Waals surface area contributed by atoms with Crippen molar-refractivity contribution < 1.29 is 4.39 Å². The maximum atomic E-state index is 13.6. The fraction of sp³-hybridized carbons (Fsp3) is 0.0556. The van der Waals surface area contributed by atoms with Crippen molar-refractivity contribution in [1.29, 1.82) is 0 Å². The van der Waals surface area contributed by atoms with E-state index in [2.05, 4.69) is 15.9 Å². The summed E-state index contributed by atoms with van der Waals surface area (Å²) in [5.74, 6) is -0.370. The number of hydrogen-bond donors (Lipinski definition) is 0. The fourth-order valence-electron chi connectivity index (χ4n) is 2.43. The van der Waals surface area contributed by atoms with Crippen LogP contribution in [0.15, 0.2) is 70.2 Å². The third-order valence-corrected chi connectivity index (χ3v) is 4.15. The molecule has 4 heteroatoms. The van der Waals surface area contributed by atoms with Crippen molar-refractivity contribution in [2.75, 3.05) is 0 Å². The van der Waals surface area contributed by atoms with Gasteiger partial charge in [-0.1, -0.05) is 46.3 Å². The quantitative estimate of drug-likeness (QED) is 0.655. The molecule has 1 heterocycles. The Kier molecular flexibility index (Phi) is 3.94. The van der Waals surface area contributed by atoms with Crippen LogP contribution in [0.5, 0.6) is 0 Å². The molecule has 0 bridgehead atoms. The van der Waals surface area contributed by atoms with E-state index in [0.29, 0.717) is 21.2 Å². The molecule has 0 aliphatic heterocycles. The molecule has 0 radical (unpaired) electrons. The molecule has 0 atom stereocenters. The number of pyridine rings is 1. The zero-order chi connectivity index (χ0) is 15.7. The number of benzene rings is 2. The van der Waals surface area contributed by atoms with Crippen molar-refractivity contribution in [3.63, 3.8) is 0 Å². The lowest BCUT2D eigenvalue weighted by molar-refractivity contribution is 0.628. The second-order valence-electron chi connectivity index (χ2n) is 5.07. The first-order valence-corrected chi connectivity index (χ1v) is 7.56. The van der Waals surface area contributed by atoms with E-state index in [1.54, 1.807) is 18.5 Å². The zero-order valence-corrected chi connectivity index (χ0v) is 13.5. The average Bonchev–Trinajstić information content (AvgIpc) is 2.52. The van der Waals surface area contributed by atoms with Crippen molar-refractivity contribution in [2.24, 2.45) is 7.05 Å². The summed E-state index contributed by atoms with van der Waals surface area (Å²) in [5.41, 5.74) is 2.35. The van der Waals surface area contributed by atoms with Gasteiger partial charge in [0.1, 0.15) is 5.82 Å². The van der Waals surface area contributed by atoms with Crippen molar-refractivity contribution in [2.45, 2.75) is 0 Å². The minimum atomic E-state index is -0.370. The van der Waals surface area contributed by atoms with Crippen LogP contribution in [0, 0.1) is 5.82 Å². The van der Waals surface area contributed by atoms with Gasteiger partial charge >= 0.3 is 0 Å². The minimum Gasteiger partial charge on any atom is -0.356 e. The summed E-state index contributed by atoms with van der Waals surface area (Å²) >= 11 is 3.39. The van der Waals surface area contributed by atoms with E-state index in [4.69, 9.17) is 0 Å². The van der Waals surface area contributed by atoms with Gasteiger partial charge in [-0.05, 0) is 23.8 Å². The summed E-state index contributed by atoms with van der Waals surface area (Å²) in [6.45, 7) is 0. The van der Waals surface area contributed by atoms with Gasteiger partial charge in [-0.25, -0.2) is 4.39 Å². The van der Waals surface area contributed by atoms with E-state index in [1.807, 2.05) is 41.9 Å². The Morgan fingerprint density at radius 3 is 2.36 bits per heavy atom. The molecular weight excluding hydrogens is 345 g/mol. The summed E-state index contributed by atoms with van der Waals surface area (Å²) in [4.78, 5) is 12.8. The van der Waals surface area contributed by atoms with Crippen LogP contribution in [0.3, 0.4) is 0 Å². The first-order chi connectivity index (χ1) is 10.6. The van der Waals surface area contributed by atoms with Gasteiger partial charge in [-0.15, -0.1) is 0 Å². The van der Waals surface area contributed by atoms with Gasteiger partial charge in [0.05, 0.1) is 0 Å². The highest BCUT2D eigenvalue weighted by Crippen LogP contribution is 2.28. The normalized spacial score (nSPS) is 10.7. The number of nitrogens with zero attached hydrogens (tertiary/aromatic N) is 1. The van der Waals surface area contributed by atoms with E-state index in [1.165, 1.54) is 12.1 Å². The number of aromatic nitrogens is 1. The van der Waals surface area contributed by atoms with Crippen LogP contribution in [0.1, 0.15) is 0 Å². The van der Waals surface area contributed by atoms with Crippen LogP contribution in [-0.2, 0) is 7.05 Å². The molecule has 0 amide bonds. The van der Waals surface area contributed by atoms with Gasteiger partial charge in [-0.3, -0.25) is 4.79 Å². The van der Waals surface area contributed by atoms with E-state index in [-0.39, 0.29) is 11.2 Å². The van der Waals surface area contributed by atoms with Gasteiger partial charge in [0.15, 0.2) is 5.43 Å². The lowest BCUT2D eigenvalue weighted by Crippen LogP contribution is -2.12. The van der Waals surface area contributed by atoms with E-state index < -0.39 is 0 Å². The molecule has 1 aromatic heterocycles. The predicted octanol–water partition coefficient (Wildman–Crippen LogP) is 4.62. The molecule has 3 rings (SSSR count).